The summed E-state index contributed by atoms with van der Waals surface area (Å²) in [7, 11) is 1.71. The van der Waals surface area contributed by atoms with Crippen molar-refractivity contribution in [2.45, 2.75) is 19.4 Å². The Hall–Kier alpha value is -1.94. The minimum atomic E-state index is 0.644. The van der Waals surface area contributed by atoms with Crippen LogP contribution in [0, 0.1) is 0 Å². The zero-order valence-corrected chi connectivity index (χ0v) is 11.7. The molecular formula is C16H19N3O. The molecule has 3 rings (SSSR count). The molecule has 104 valence electrons. The number of benzene rings is 1. The lowest BCUT2D eigenvalue weighted by atomic mass is 10.1. The van der Waals surface area contributed by atoms with E-state index in [9.17, 15) is 0 Å². The molecule has 1 aliphatic heterocycles. The van der Waals surface area contributed by atoms with E-state index in [0.29, 0.717) is 6.61 Å². The van der Waals surface area contributed by atoms with Crippen LogP contribution in [0.25, 0.3) is 11.1 Å². The van der Waals surface area contributed by atoms with Gasteiger partial charge in [-0.1, -0.05) is 24.3 Å². The first kappa shape index (κ1) is 13.1. The Balaban J connectivity index is 1.76. The molecule has 0 atom stereocenters. The number of anilines is 1. The van der Waals surface area contributed by atoms with Crippen LogP contribution in [0.4, 0.5) is 5.95 Å². The zero-order valence-electron chi connectivity index (χ0n) is 11.7. The van der Waals surface area contributed by atoms with E-state index in [1.54, 1.807) is 7.11 Å². The van der Waals surface area contributed by atoms with Crippen LogP contribution in [0.5, 0.6) is 0 Å². The van der Waals surface area contributed by atoms with Gasteiger partial charge in [-0.2, -0.15) is 0 Å². The van der Waals surface area contributed by atoms with Crippen LogP contribution < -0.4 is 4.90 Å². The Morgan fingerprint density at radius 1 is 1.00 bits per heavy atom. The number of nitrogens with zero attached hydrogens (tertiary/aromatic N) is 3. The number of hydrogen-bond donors (Lipinski definition) is 0. The van der Waals surface area contributed by atoms with E-state index < -0.39 is 0 Å². The van der Waals surface area contributed by atoms with Crippen molar-refractivity contribution in [1.29, 1.82) is 0 Å². The second-order valence-electron chi connectivity index (χ2n) is 5.10. The monoisotopic (exact) mass is 269 g/mol. The molecule has 1 aliphatic rings. The molecule has 2 heterocycles. The molecule has 4 heteroatoms. The quantitative estimate of drug-likeness (QED) is 0.855. The van der Waals surface area contributed by atoms with Crippen molar-refractivity contribution in [3.8, 4) is 11.1 Å². The second-order valence-corrected chi connectivity index (χ2v) is 5.10. The topological polar surface area (TPSA) is 38.2 Å². The number of rotatable bonds is 4. The SMILES string of the molecule is COCc1ccc(-c2cnc(N3CCCC3)nc2)cc1. The van der Waals surface area contributed by atoms with Gasteiger partial charge < -0.3 is 9.64 Å². The lowest BCUT2D eigenvalue weighted by molar-refractivity contribution is 0.185. The van der Waals surface area contributed by atoms with Crippen molar-refractivity contribution < 1.29 is 4.74 Å². The molecule has 2 aromatic rings. The van der Waals surface area contributed by atoms with Gasteiger partial charge in [0.15, 0.2) is 0 Å². The van der Waals surface area contributed by atoms with Gasteiger partial charge in [0, 0.05) is 38.2 Å². The number of aromatic nitrogens is 2. The van der Waals surface area contributed by atoms with Gasteiger partial charge >= 0.3 is 0 Å². The van der Waals surface area contributed by atoms with Crippen LogP contribution in [0.2, 0.25) is 0 Å². The third-order valence-corrected chi connectivity index (χ3v) is 3.63. The molecule has 0 spiro atoms. The summed E-state index contributed by atoms with van der Waals surface area (Å²) in [5.41, 5.74) is 3.36. The Morgan fingerprint density at radius 3 is 2.25 bits per heavy atom. The molecule has 1 fully saturated rings. The Bertz CT molecular complexity index is 545. The summed E-state index contributed by atoms with van der Waals surface area (Å²) in [6, 6.07) is 8.32. The normalized spacial score (nSPS) is 14.8. The molecule has 0 N–H and O–H groups in total. The lowest BCUT2D eigenvalue weighted by Gasteiger charge is -2.14. The predicted octanol–water partition coefficient (Wildman–Crippen LogP) is 2.89. The van der Waals surface area contributed by atoms with Crippen LogP contribution in [-0.2, 0) is 11.3 Å². The van der Waals surface area contributed by atoms with Gasteiger partial charge in [-0.15, -0.1) is 0 Å². The average molecular weight is 269 g/mol. The summed E-state index contributed by atoms with van der Waals surface area (Å²) in [6.45, 7) is 2.79. The number of methoxy groups -OCH3 is 1. The summed E-state index contributed by atoms with van der Waals surface area (Å²) in [5.74, 6) is 0.849. The molecule has 0 radical (unpaired) electrons. The van der Waals surface area contributed by atoms with Crippen molar-refractivity contribution in [2.24, 2.45) is 0 Å². The molecular weight excluding hydrogens is 250 g/mol. The number of ether oxygens (including phenoxy) is 1. The molecule has 0 aliphatic carbocycles. The van der Waals surface area contributed by atoms with Crippen LogP contribution in [0.15, 0.2) is 36.7 Å². The van der Waals surface area contributed by atoms with Crippen molar-refractivity contribution in [2.75, 3.05) is 25.1 Å². The summed E-state index contributed by atoms with van der Waals surface area (Å²) < 4.78 is 5.12. The van der Waals surface area contributed by atoms with Gasteiger partial charge in [0.1, 0.15) is 0 Å². The standard InChI is InChI=1S/C16H19N3O/c1-20-12-13-4-6-14(7-5-13)15-10-17-16(18-11-15)19-8-2-3-9-19/h4-7,10-11H,2-3,8-9,12H2,1H3. The van der Waals surface area contributed by atoms with Crippen molar-refractivity contribution in [3.05, 3.63) is 42.2 Å². The fourth-order valence-electron chi connectivity index (χ4n) is 2.51. The van der Waals surface area contributed by atoms with Gasteiger partial charge in [0.25, 0.3) is 0 Å². The molecule has 1 aromatic carbocycles. The van der Waals surface area contributed by atoms with Gasteiger partial charge in [-0.3, -0.25) is 0 Å². The van der Waals surface area contributed by atoms with E-state index >= 15 is 0 Å². The minimum Gasteiger partial charge on any atom is -0.380 e. The highest BCUT2D eigenvalue weighted by Crippen LogP contribution is 2.21. The molecule has 20 heavy (non-hydrogen) atoms. The highest BCUT2D eigenvalue weighted by atomic mass is 16.5. The zero-order chi connectivity index (χ0) is 13.8. The molecule has 4 nitrogen and oxygen atoms in total. The van der Waals surface area contributed by atoms with E-state index in [4.69, 9.17) is 4.74 Å². The van der Waals surface area contributed by atoms with E-state index in [1.807, 2.05) is 12.4 Å². The van der Waals surface area contributed by atoms with Gasteiger partial charge in [0.05, 0.1) is 6.61 Å². The summed E-state index contributed by atoms with van der Waals surface area (Å²) >= 11 is 0. The van der Waals surface area contributed by atoms with Crippen LogP contribution >= 0.6 is 0 Å². The molecule has 1 saturated heterocycles. The molecule has 1 aromatic heterocycles. The maximum absolute atomic E-state index is 5.12. The largest absolute Gasteiger partial charge is 0.380 e. The molecule has 0 bridgehead atoms. The Morgan fingerprint density at radius 2 is 1.65 bits per heavy atom. The molecule has 0 unspecified atom stereocenters. The fourth-order valence-corrected chi connectivity index (χ4v) is 2.51. The molecule has 0 amide bonds. The van der Waals surface area contributed by atoms with Crippen LogP contribution in [0.1, 0.15) is 18.4 Å². The fraction of sp³-hybridized carbons (Fsp3) is 0.375. The first-order valence-electron chi connectivity index (χ1n) is 7.02. The third kappa shape index (κ3) is 2.80. The Labute approximate surface area is 119 Å². The smallest absolute Gasteiger partial charge is 0.225 e. The van der Waals surface area contributed by atoms with E-state index in [0.717, 1.165) is 30.2 Å². The highest BCUT2D eigenvalue weighted by molar-refractivity contribution is 5.62. The van der Waals surface area contributed by atoms with Crippen molar-refractivity contribution >= 4 is 5.95 Å². The first-order chi connectivity index (χ1) is 9.86. The second kappa shape index (κ2) is 6.01. The van der Waals surface area contributed by atoms with Gasteiger partial charge in [-0.05, 0) is 24.0 Å². The lowest BCUT2D eigenvalue weighted by Crippen LogP contribution is -2.20. The molecule has 0 saturated carbocycles. The minimum absolute atomic E-state index is 0.644. The Kier molecular flexibility index (Phi) is 3.92. The average Bonchev–Trinajstić information content (AvgIpc) is 3.03. The third-order valence-electron chi connectivity index (χ3n) is 3.63. The van der Waals surface area contributed by atoms with Crippen molar-refractivity contribution in [3.63, 3.8) is 0 Å². The van der Waals surface area contributed by atoms with Gasteiger partial charge in [-0.25, -0.2) is 9.97 Å². The number of hydrogen-bond acceptors (Lipinski definition) is 4. The summed E-state index contributed by atoms with van der Waals surface area (Å²) in [6.07, 6.45) is 6.30. The summed E-state index contributed by atoms with van der Waals surface area (Å²) in [5, 5.41) is 0. The maximum atomic E-state index is 5.12. The van der Waals surface area contributed by atoms with E-state index in [2.05, 4.69) is 39.1 Å². The van der Waals surface area contributed by atoms with Crippen LogP contribution in [0.3, 0.4) is 0 Å². The van der Waals surface area contributed by atoms with Crippen LogP contribution in [-0.4, -0.2) is 30.2 Å². The van der Waals surface area contributed by atoms with Gasteiger partial charge in [0.2, 0.25) is 5.95 Å². The van der Waals surface area contributed by atoms with E-state index in [-0.39, 0.29) is 0 Å². The highest BCUT2D eigenvalue weighted by Gasteiger charge is 2.14. The van der Waals surface area contributed by atoms with E-state index in [1.165, 1.54) is 18.4 Å². The predicted molar refractivity (Wildman–Crippen MR) is 79.6 cm³/mol. The first-order valence-corrected chi connectivity index (χ1v) is 7.02. The van der Waals surface area contributed by atoms with Crippen molar-refractivity contribution in [1.82, 2.24) is 9.97 Å². The maximum Gasteiger partial charge on any atom is 0.225 e. The summed E-state index contributed by atoms with van der Waals surface area (Å²) in [4.78, 5) is 11.2.